The Bertz CT molecular complexity index is 719. The fourth-order valence-corrected chi connectivity index (χ4v) is 1.87. The van der Waals surface area contributed by atoms with E-state index < -0.39 is 5.97 Å². The topological polar surface area (TPSA) is 93.2 Å². The molecule has 1 amide bonds. The van der Waals surface area contributed by atoms with Crippen LogP contribution in [-0.2, 0) is 4.74 Å². The second-order valence-corrected chi connectivity index (χ2v) is 6.18. The summed E-state index contributed by atoms with van der Waals surface area (Å²) in [4.78, 5) is 31.6. The molecule has 7 heteroatoms. The Morgan fingerprint density at radius 2 is 1.71 bits per heavy atom. The van der Waals surface area contributed by atoms with Crippen LogP contribution in [0.2, 0.25) is 0 Å². The number of hydrogen-bond acceptors (Lipinski definition) is 6. The fourth-order valence-electron chi connectivity index (χ4n) is 1.87. The maximum atomic E-state index is 12.0. The van der Waals surface area contributed by atoms with Crippen LogP contribution in [0.4, 0.5) is 11.5 Å². The van der Waals surface area contributed by atoms with Gasteiger partial charge in [-0.2, -0.15) is 0 Å². The molecule has 2 aromatic rings. The quantitative estimate of drug-likeness (QED) is 0.838. The smallest absolute Gasteiger partial charge is 0.337 e. The molecule has 0 atom stereocenters. The molecule has 0 aliphatic carbocycles. The molecule has 1 heterocycles. The van der Waals surface area contributed by atoms with Gasteiger partial charge in [0.05, 0.1) is 25.1 Å². The van der Waals surface area contributed by atoms with Gasteiger partial charge in [0.25, 0.3) is 5.91 Å². The van der Waals surface area contributed by atoms with Gasteiger partial charge in [0, 0.05) is 11.2 Å². The molecular weight excluding hydrogens is 308 g/mol. The molecule has 1 aromatic carbocycles. The number of carbonyl (C=O) groups excluding carboxylic acids is 2. The van der Waals surface area contributed by atoms with E-state index in [0.717, 1.165) is 5.69 Å². The summed E-state index contributed by atoms with van der Waals surface area (Å²) in [6.07, 6.45) is 2.89. The molecule has 0 saturated carbocycles. The number of benzene rings is 1. The van der Waals surface area contributed by atoms with Crippen LogP contribution in [0.1, 0.15) is 41.6 Å². The zero-order valence-electron chi connectivity index (χ0n) is 14.1. The summed E-state index contributed by atoms with van der Waals surface area (Å²) in [5.74, 6) is -0.173. The molecule has 0 aliphatic heterocycles. The van der Waals surface area contributed by atoms with Crippen molar-refractivity contribution in [2.75, 3.05) is 12.4 Å². The first-order valence-corrected chi connectivity index (χ1v) is 7.38. The highest BCUT2D eigenvalue weighted by molar-refractivity contribution is 5.92. The van der Waals surface area contributed by atoms with Crippen LogP contribution in [0.3, 0.4) is 0 Å². The van der Waals surface area contributed by atoms with Crippen LogP contribution in [-0.4, -0.2) is 34.5 Å². The van der Waals surface area contributed by atoms with Crippen LogP contribution in [0, 0.1) is 0 Å². The number of rotatable bonds is 4. The van der Waals surface area contributed by atoms with Crippen molar-refractivity contribution >= 4 is 23.4 Å². The van der Waals surface area contributed by atoms with Gasteiger partial charge in [-0.15, -0.1) is 0 Å². The van der Waals surface area contributed by atoms with Gasteiger partial charge in [0.1, 0.15) is 11.5 Å². The number of amides is 1. The van der Waals surface area contributed by atoms with Crippen LogP contribution < -0.4 is 10.6 Å². The van der Waals surface area contributed by atoms with Gasteiger partial charge in [-0.05, 0) is 45.0 Å². The first kappa shape index (κ1) is 17.4. The van der Waals surface area contributed by atoms with Gasteiger partial charge in [0.2, 0.25) is 0 Å². The minimum Gasteiger partial charge on any atom is -0.465 e. The largest absolute Gasteiger partial charge is 0.465 e. The second kappa shape index (κ2) is 7.08. The second-order valence-electron chi connectivity index (χ2n) is 6.18. The summed E-state index contributed by atoms with van der Waals surface area (Å²) < 4.78 is 4.64. The van der Waals surface area contributed by atoms with E-state index in [4.69, 9.17) is 0 Å². The Labute approximate surface area is 140 Å². The van der Waals surface area contributed by atoms with E-state index >= 15 is 0 Å². The summed E-state index contributed by atoms with van der Waals surface area (Å²) in [6.45, 7) is 5.69. The summed E-state index contributed by atoms with van der Waals surface area (Å²) in [5, 5.41) is 5.87. The summed E-state index contributed by atoms with van der Waals surface area (Å²) in [6, 6.07) is 6.75. The fraction of sp³-hybridized carbons (Fsp3) is 0.294. The van der Waals surface area contributed by atoms with Crippen LogP contribution >= 0.6 is 0 Å². The molecular formula is C17H20N4O3. The number of methoxy groups -OCH3 is 1. The van der Waals surface area contributed by atoms with Crippen molar-refractivity contribution in [1.82, 2.24) is 15.3 Å². The number of ether oxygens (including phenoxy) is 1. The lowest BCUT2D eigenvalue weighted by Gasteiger charge is -2.19. The van der Waals surface area contributed by atoms with E-state index in [0.29, 0.717) is 11.4 Å². The Balaban J connectivity index is 2.04. The molecule has 24 heavy (non-hydrogen) atoms. The summed E-state index contributed by atoms with van der Waals surface area (Å²) >= 11 is 0. The number of aromatic nitrogens is 2. The van der Waals surface area contributed by atoms with Crippen LogP contribution in [0.25, 0.3) is 0 Å². The Hall–Kier alpha value is -2.96. The molecule has 0 unspecified atom stereocenters. The normalized spacial score (nSPS) is 10.8. The highest BCUT2D eigenvalue weighted by Gasteiger charge is 2.16. The predicted molar refractivity (Wildman–Crippen MR) is 90.3 cm³/mol. The molecule has 126 valence electrons. The number of nitrogens with zero attached hydrogens (tertiary/aromatic N) is 2. The summed E-state index contributed by atoms with van der Waals surface area (Å²) in [5.41, 5.74) is 1.11. The van der Waals surface area contributed by atoms with Crippen LogP contribution in [0.15, 0.2) is 36.7 Å². The van der Waals surface area contributed by atoms with Gasteiger partial charge < -0.3 is 15.4 Å². The van der Waals surface area contributed by atoms with E-state index in [1.807, 2.05) is 20.8 Å². The van der Waals surface area contributed by atoms with Crippen molar-refractivity contribution in [3.8, 4) is 0 Å². The monoisotopic (exact) mass is 328 g/mol. The lowest BCUT2D eigenvalue weighted by molar-refractivity contribution is 0.0600. The van der Waals surface area contributed by atoms with Gasteiger partial charge in [-0.3, -0.25) is 4.79 Å². The van der Waals surface area contributed by atoms with Crippen molar-refractivity contribution in [1.29, 1.82) is 0 Å². The van der Waals surface area contributed by atoms with E-state index in [2.05, 4.69) is 25.3 Å². The van der Waals surface area contributed by atoms with Crippen molar-refractivity contribution in [3.05, 3.63) is 47.9 Å². The highest BCUT2D eigenvalue weighted by Crippen LogP contribution is 2.15. The average molecular weight is 328 g/mol. The summed E-state index contributed by atoms with van der Waals surface area (Å²) in [7, 11) is 1.33. The Morgan fingerprint density at radius 1 is 1.04 bits per heavy atom. The van der Waals surface area contributed by atoms with Crippen molar-refractivity contribution in [2.45, 2.75) is 26.3 Å². The molecule has 0 fully saturated rings. The standard InChI is InChI=1S/C17H20N4O3/c1-17(2,3)21-15(22)13-9-19-14(10-18-13)20-12-7-5-11(6-8-12)16(23)24-4/h5-10H,1-4H3,(H,19,20)(H,21,22). The van der Waals surface area contributed by atoms with Crippen molar-refractivity contribution in [2.24, 2.45) is 0 Å². The van der Waals surface area contributed by atoms with E-state index in [1.54, 1.807) is 24.3 Å². The van der Waals surface area contributed by atoms with Gasteiger partial charge in [-0.25, -0.2) is 14.8 Å². The Morgan fingerprint density at radius 3 is 2.21 bits per heavy atom. The molecule has 0 spiro atoms. The molecule has 0 aliphatic rings. The SMILES string of the molecule is COC(=O)c1ccc(Nc2cnc(C(=O)NC(C)(C)C)cn2)cc1. The average Bonchev–Trinajstić information content (AvgIpc) is 2.54. The lowest BCUT2D eigenvalue weighted by Crippen LogP contribution is -2.40. The first-order chi connectivity index (χ1) is 11.3. The lowest BCUT2D eigenvalue weighted by atomic mass is 10.1. The number of carbonyl (C=O) groups is 2. The number of hydrogen-bond donors (Lipinski definition) is 2. The molecule has 0 bridgehead atoms. The van der Waals surface area contributed by atoms with E-state index in [9.17, 15) is 9.59 Å². The van der Waals surface area contributed by atoms with Gasteiger partial charge in [-0.1, -0.05) is 0 Å². The Kier molecular flexibility index (Phi) is 5.13. The number of esters is 1. The zero-order chi connectivity index (χ0) is 17.7. The van der Waals surface area contributed by atoms with Gasteiger partial charge >= 0.3 is 5.97 Å². The van der Waals surface area contributed by atoms with Crippen molar-refractivity contribution < 1.29 is 14.3 Å². The van der Waals surface area contributed by atoms with E-state index in [1.165, 1.54) is 19.5 Å². The predicted octanol–water partition coefficient (Wildman–Crippen LogP) is 2.54. The third-order valence-corrected chi connectivity index (χ3v) is 2.95. The molecule has 7 nitrogen and oxygen atoms in total. The molecule has 1 aromatic heterocycles. The number of anilines is 2. The maximum absolute atomic E-state index is 12.0. The molecule has 2 N–H and O–H groups in total. The molecule has 0 radical (unpaired) electrons. The minimum absolute atomic E-state index is 0.247. The number of nitrogens with one attached hydrogen (secondary N) is 2. The first-order valence-electron chi connectivity index (χ1n) is 7.38. The third-order valence-electron chi connectivity index (χ3n) is 2.95. The van der Waals surface area contributed by atoms with Gasteiger partial charge in [0.15, 0.2) is 0 Å². The molecule has 0 saturated heterocycles. The minimum atomic E-state index is -0.393. The third kappa shape index (κ3) is 4.77. The highest BCUT2D eigenvalue weighted by atomic mass is 16.5. The molecule has 2 rings (SSSR count). The van der Waals surface area contributed by atoms with E-state index in [-0.39, 0.29) is 17.1 Å². The zero-order valence-corrected chi connectivity index (χ0v) is 14.1. The van der Waals surface area contributed by atoms with Crippen LogP contribution in [0.5, 0.6) is 0 Å². The maximum Gasteiger partial charge on any atom is 0.337 e. The van der Waals surface area contributed by atoms with Crippen molar-refractivity contribution in [3.63, 3.8) is 0 Å².